The zero-order valence-corrected chi connectivity index (χ0v) is 12.7. The number of nitrogens with zero attached hydrogens (tertiary/aromatic N) is 5. The molecule has 0 bridgehead atoms. The summed E-state index contributed by atoms with van der Waals surface area (Å²) in [6.07, 6.45) is 4.48. The van der Waals surface area contributed by atoms with Gasteiger partial charge in [0, 0.05) is 19.7 Å². The Morgan fingerprint density at radius 3 is 3.00 bits per heavy atom. The van der Waals surface area contributed by atoms with Crippen molar-refractivity contribution < 1.29 is 4.79 Å². The Kier molecular flexibility index (Phi) is 3.56. The standard InChI is InChI=1S/C12H15BrN6O/c1-18-9(6-10(13)17-18)12(20)19-5-3-2-4-8(19)11-14-7-15-16-11/h6-8H,2-5H2,1H3,(H,14,15,16)/t8-/m0/s1. The summed E-state index contributed by atoms with van der Waals surface area (Å²) in [5, 5.41) is 10.9. The highest BCUT2D eigenvalue weighted by Crippen LogP contribution is 2.30. The van der Waals surface area contributed by atoms with E-state index in [4.69, 9.17) is 0 Å². The largest absolute Gasteiger partial charge is 0.327 e. The van der Waals surface area contributed by atoms with Crippen molar-refractivity contribution in [3.63, 3.8) is 0 Å². The van der Waals surface area contributed by atoms with E-state index >= 15 is 0 Å². The maximum absolute atomic E-state index is 12.7. The summed E-state index contributed by atoms with van der Waals surface area (Å²) in [5.74, 6) is 0.728. The number of hydrogen-bond donors (Lipinski definition) is 1. The molecule has 106 valence electrons. The van der Waals surface area contributed by atoms with E-state index in [0.717, 1.165) is 31.6 Å². The van der Waals surface area contributed by atoms with E-state index in [2.05, 4.69) is 36.2 Å². The van der Waals surface area contributed by atoms with Crippen LogP contribution in [-0.4, -0.2) is 42.3 Å². The van der Waals surface area contributed by atoms with E-state index in [9.17, 15) is 4.79 Å². The molecule has 0 aliphatic carbocycles. The van der Waals surface area contributed by atoms with Crippen molar-refractivity contribution in [1.82, 2.24) is 29.9 Å². The lowest BCUT2D eigenvalue weighted by atomic mass is 10.0. The highest BCUT2D eigenvalue weighted by Gasteiger charge is 2.31. The number of hydrogen-bond acceptors (Lipinski definition) is 4. The quantitative estimate of drug-likeness (QED) is 0.903. The van der Waals surface area contributed by atoms with Gasteiger partial charge in [-0.15, -0.1) is 0 Å². The number of rotatable bonds is 2. The van der Waals surface area contributed by atoms with Crippen molar-refractivity contribution in [2.24, 2.45) is 7.05 Å². The lowest BCUT2D eigenvalue weighted by Gasteiger charge is -2.34. The number of likely N-dealkylation sites (tertiary alicyclic amines) is 1. The first-order valence-electron chi connectivity index (χ1n) is 6.52. The van der Waals surface area contributed by atoms with Crippen molar-refractivity contribution in [2.45, 2.75) is 25.3 Å². The van der Waals surface area contributed by atoms with Crippen molar-refractivity contribution >= 4 is 21.8 Å². The third-order valence-corrected chi connectivity index (χ3v) is 3.97. The molecule has 8 heteroatoms. The van der Waals surface area contributed by atoms with Crippen LogP contribution in [-0.2, 0) is 7.05 Å². The van der Waals surface area contributed by atoms with Gasteiger partial charge in [0.2, 0.25) is 0 Å². The topological polar surface area (TPSA) is 79.7 Å². The molecule has 1 saturated heterocycles. The minimum Gasteiger partial charge on any atom is -0.327 e. The number of nitrogens with one attached hydrogen (secondary N) is 1. The molecular formula is C12H15BrN6O. The molecule has 1 aliphatic rings. The van der Waals surface area contributed by atoms with Gasteiger partial charge >= 0.3 is 0 Å². The number of carbonyl (C=O) groups is 1. The lowest BCUT2D eigenvalue weighted by molar-refractivity contribution is 0.0589. The second-order valence-corrected chi connectivity index (χ2v) is 5.67. The van der Waals surface area contributed by atoms with Gasteiger partial charge in [-0.05, 0) is 35.2 Å². The fourth-order valence-corrected chi connectivity index (χ4v) is 3.07. The van der Waals surface area contributed by atoms with Crippen LogP contribution in [0.5, 0.6) is 0 Å². The molecule has 2 aromatic rings. The smallest absolute Gasteiger partial charge is 0.272 e. The Balaban J connectivity index is 1.90. The van der Waals surface area contributed by atoms with E-state index in [1.54, 1.807) is 17.8 Å². The molecule has 0 aromatic carbocycles. The van der Waals surface area contributed by atoms with E-state index < -0.39 is 0 Å². The summed E-state index contributed by atoms with van der Waals surface area (Å²) in [6, 6.07) is 1.71. The number of carbonyl (C=O) groups excluding carboxylic acids is 1. The Labute approximate surface area is 124 Å². The van der Waals surface area contributed by atoms with Gasteiger partial charge in [-0.3, -0.25) is 14.6 Å². The number of H-pyrrole nitrogens is 1. The fraction of sp³-hybridized carbons (Fsp3) is 0.500. The fourth-order valence-electron chi connectivity index (χ4n) is 2.61. The summed E-state index contributed by atoms with van der Waals surface area (Å²) < 4.78 is 2.26. The average Bonchev–Trinajstić information content (AvgIpc) is 3.07. The summed E-state index contributed by atoms with van der Waals surface area (Å²) >= 11 is 3.30. The van der Waals surface area contributed by atoms with Crippen LogP contribution in [0.1, 0.15) is 41.6 Å². The first-order valence-corrected chi connectivity index (χ1v) is 7.32. The minimum absolute atomic E-state index is 0.0215. The van der Waals surface area contributed by atoms with Gasteiger partial charge in [0.1, 0.15) is 22.4 Å². The Bertz CT molecular complexity index is 608. The molecule has 1 aliphatic heterocycles. The van der Waals surface area contributed by atoms with Crippen molar-refractivity contribution in [1.29, 1.82) is 0 Å². The van der Waals surface area contributed by atoms with Crippen LogP contribution >= 0.6 is 15.9 Å². The molecule has 1 amide bonds. The summed E-state index contributed by atoms with van der Waals surface area (Å²) in [5.41, 5.74) is 0.572. The van der Waals surface area contributed by atoms with Gasteiger partial charge in [-0.25, -0.2) is 4.98 Å². The molecule has 3 rings (SSSR count). The molecule has 0 unspecified atom stereocenters. The van der Waals surface area contributed by atoms with Crippen LogP contribution in [0, 0.1) is 0 Å². The SMILES string of the molecule is Cn1nc(Br)cc1C(=O)N1CCCC[C@H]1c1ncn[nH]1. The Hall–Kier alpha value is -1.70. The highest BCUT2D eigenvalue weighted by molar-refractivity contribution is 9.10. The maximum Gasteiger partial charge on any atom is 0.272 e. The van der Waals surface area contributed by atoms with E-state index in [1.165, 1.54) is 6.33 Å². The number of aromatic amines is 1. The molecule has 7 nitrogen and oxygen atoms in total. The van der Waals surface area contributed by atoms with Crippen LogP contribution in [0.15, 0.2) is 17.0 Å². The Morgan fingerprint density at radius 2 is 2.35 bits per heavy atom. The average molecular weight is 339 g/mol. The molecule has 0 saturated carbocycles. The van der Waals surface area contributed by atoms with Crippen molar-refractivity contribution in [3.8, 4) is 0 Å². The van der Waals surface area contributed by atoms with Crippen LogP contribution in [0.2, 0.25) is 0 Å². The zero-order chi connectivity index (χ0) is 14.1. The van der Waals surface area contributed by atoms with Crippen LogP contribution in [0.4, 0.5) is 0 Å². The first-order chi connectivity index (χ1) is 9.66. The monoisotopic (exact) mass is 338 g/mol. The first kappa shape index (κ1) is 13.3. The number of halogens is 1. The summed E-state index contributed by atoms with van der Waals surface area (Å²) in [7, 11) is 1.77. The molecule has 0 radical (unpaired) electrons. The van der Waals surface area contributed by atoms with Crippen LogP contribution < -0.4 is 0 Å². The van der Waals surface area contributed by atoms with Crippen LogP contribution in [0.25, 0.3) is 0 Å². The van der Waals surface area contributed by atoms with Gasteiger partial charge in [-0.2, -0.15) is 10.2 Å². The zero-order valence-electron chi connectivity index (χ0n) is 11.1. The highest BCUT2D eigenvalue weighted by atomic mass is 79.9. The minimum atomic E-state index is -0.0348. The number of amides is 1. The second-order valence-electron chi connectivity index (χ2n) is 4.86. The Morgan fingerprint density at radius 1 is 1.50 bits per heavy atom. The molecule has 0 spiro atoms. The van der Waals surface area contributed by atoms with E-state index in [-0.39, 0.29) is 11.9 Å². The van der Waals surface area contributed by atoms with Gasteiger partial charge in [0.05, 0.1) is 6.04 Å². The second kappa shape index (κ2) is 5.35. The molecule has 1 atom stereocenters. The van der Waals surface area contributed by atoms with Crippen molar-refractivity contribution in [2.75, 3.05) is 6.54 Å². The van der Waals surface area contributed by atoms with Gasteiger partial charge in [0.15, 0.2) is 0 Å². The third-order valence-electron chi connectivity index (χ3n) is 3.58. The molecule has 20 heavy (non-hydrogen) atoms. The predicted octanol–water partition coefficient (Wildman–Crippen LogP) is 1.67. The lowest BCUT2D eigenvalue weighted by Crippen LogP contribution is -2.39. The van der Waals surface area contributed by atoms with E-state index in [0.29, 0.717) is 10.3 Å². The number of aromatic nitrogens is 5. The molecule has 1 fully saturated rings. The number of aryl methyl sites for hydroxylation is 1. The summed E-state index contributed by atoms with van der Waals surface area (Å²) in [6.45, 7) is 0.729. The van der Waals surface area contributed by atoms with Crippen LogP contribution in [0.3, 0.4) is 0 Å². The molecule has 2 aromatic heterocycles. The predicted molar refractivity (Wildman–Crippen MR) is 74.9 cm³/mol. The maximum atomic E-state index is 12.7. The normalized spacial score (nSPS) is 19.3. The van der Waals surface area contributed by atoms with Gasteiger partial charge in [0.25, 0.3) is 5.91 Å². The molecule has 1 N–H and O–H groups in total. The van der Waals surface area contributed by atoms with Gasteiger partial charge < -0.3 is 4.90 Å². The van der Waals surface area contributed by atoms with E-state index in [1.807, 2.05) is 4.90 Å². The van der Waals surface area contributed by atoms with Gasteiger partial charge in [-0.1, -0.05) is 0 Å². The van der Waals surface area contributed by atoms with Crippen molar-refractivity contribution in [3.05, 3.63) is 28.5 Å². The molecular weight excluding hydrogens is 324 g/mol. The number of piperidine rings is 1. The molecule has 3 heterocycles. The summed E-state index contributed by atoms with van der Waals surface area (Å²) in [4.78, 5) is 18.8. The third kappa shape index (κ3) is 2.35.